The second-order valence-corrected chi connectivity index (χ2v) is 11.2. The van der Waals surface area contributed by atoms with Crippen LogP contribution in [-0.4, -0.2) is 17.3 Å². The van der Waals surface area contributed by atoms with E-state index in [1.54, 1.807) is 7.11 Å². The molecule has 152 valence electrons. The molecule has 2 aromatic carbocycles. The van der Waals surface area contributed by atoms with Gasteiger partial charge in [-0.05, 0) is 73.6 Å². The zero-order valence-corrected chi connectivity index (χ0v) is 18.5. The highest BCUT2D eigenvalue weighted by atomic mass is 79.9. The van der Waals surface area contributed by atoms with Crippen LogP contribution >= 0.6 is 15.9 Å². The SMILES string of the molecule is COc1ccc(C(NC(=O)C23CC4CC(CC(Br)(C4)C2)C3)c2ccccc2)cc1. The van der Waals surface area contributed by atoms with Crippen LogP contribution in [0.4, 0.5) is 0 Å². The topological polar surface area (TPSA) is 38.3 Å². The first-order valence-electron chi connectivity index (χ1n) is 10.7. The maximum absolute atomic E-state index is 13.8. The average molecular weight is 454 g/mol. The molecule has 3 atom stereocenters. The van der Waals surface area contributed by atoms with Gasteiger partial charge in [-0.3, -0.25) is 4.79 Å². The molecule has 0 radical (unpaired) electrons. The Hall–Kier alpha value is -1.81. The Morgan fingerprint density at radius 3 is 2.21 bits per heavy atom. The molecule has 2 aromatic rings. The molecule has 1 N–H and O–H groups in total. The lowest BCUT2D eigenvalue weighted by molar-refractivity contribution is -0.144. The highest BCUT2D eigenvalue weighted by Crippen LogP contribution is 2.64. The van der Waals surface area contributed by atoms with Gasteiger partial charge in [0.05, 0.1) is 18.6 Å². The van der Waals surface area contributed by atoms with Crippen molar-refractivity contribution in [2.24, 2.45) is 17.3 Å². The summed E-state index contributed by atoms with van der Waals surface area (Å²) in [4.78, 5) is 13.8. The van der Waals surface area contributed by atoms with Crippen LogP contribution in [0.15, 0.2) is 54.6 Å². The van der Waals surface area contributed by atoms with Crippen molar-refractivity contribution in [1.29, 1.82) is 0 Å². The molecule has 0 heterocycles. The summed E-state index contributed by atoms with van der Waals surface area (Å²) in [5.41, 5.74) is 1.99. The van der Waals surface area contributed by atoms with Gasteiger partial charge in [0.1, 0.15) is 5.75 Å². The van der Waals surface area contributed by atoms with Gasteiger partial charge in [0, 0.05) is 4.32 Å². The van der Waals surface area contributed by atoms with Crippen molar-refractivity contribution in [3.8, 4) is 5.75 Å². The molecule has 0 spiro atoms. The highest BCUT2D eigenvalue weighted by molar-refractivity contribution is 9.10. The Morgan fingerprint density at radius 2 is 1.62 bits per heavy atom. The molecule has 3 unspecified atom stereocenters. The molecule has 29 heavy (non-hydrogen) atoms. The summed E-state index contributed by atoms with van der Waals surface area (Å²) in [6, 6.07) is 18.2. The lowest BCUT2D eigenvalue weighted by Gasteiger charge is -2.59. The molecular weight excluding hydrogens is 426 g/mol. The monoisotopic (exact) mass is 453 g/mol. The third-order valence-electron chi connectivity index (χ3n) is 7.33. The van der Waals surface area contributed by atoms with Crippen LogP contribution in [0.5, 0.6) is 5.75 Å². The number of alkyl halides is 1. The van der Waals surface area contributed by atoms with E-state index in [1.807, 2.05) is 30.3 Å². The molecule has 4 fully saturated rings. The lowest BCUT2D eigenvalue weighted by atomic mass is 9.49. The van der Waals surface area contributed by atoms with E-state index in [0.29, 0.717) is 11.8 Å². The van der Waals surface area contributed by atoms with E-state index in [2.05, 4.69) is 45.5 Å². The summed E-state index contributed by atoms with van der Waals surface area (Å²) in [7, 11) is 1.68. The second-order valence-electron chi connectivity index (χ2n) is 9.48. The summed E-state index contributed by atoms with van der Waals surface area (Å²) < 4.78 is 5.50. The van der Waals surface area contributed by atoms with E-state index in [9.17, 15) is 4.79 Å². The largest absolute Gasteiger partial charge is 0.497 e. The average Bonchev–Trinajstić information content (AvgIpc) is 2.71. The number of hydrogen-bond acceptors (Lipinski definition) is 2. The minimum Gasteiger partial charge on any atom is -0.497 e. The third-order valence-corrected chi connectivity index (χ3v) is 8.26. The van der Waals surface area contributed by atoms with Gasteiger partial charge < -0.3 is 10.1 Å². The van der Waals surface area contributed by atoms with Crippen LogP contribution in [0, 0.1) is 17.3 Å². The minimum absolute atomic E-state index is 0.145. The van der Waals surface area contributed by atoms with Crippen LogP contribution in [0.1, 0.15) is 55.7 Å². The van der Waals surface area contributed by atoms with Crippen molar-refractivity contribution in [2.75, 3.05) is 7.11 Å². The van der Waals surface area contributed by atoms with Gasteiger partial charge in [-0.1, -0.05) is 58.4 Å². The van der Waals surface area contributed by atoms with Crippen molar-refractivity contribution in [2.45, 2.75) is 48.9 Å². The van der Waals surface area contributed by atoms with E-state index < -0.39 is 0 Å². The number of nitrogens with one attached hydrogen (secondary N) is 1. The van der Waals surface area contributed by atoms with E-state index >= 15 is 0 Å². The van der Waals surface area contributed by atoms with Gasteiger partial charge in [-0.2, -0.15) is 0 Å². The molecule has 4 saturated carbocycles. The number of carbonyl (C=O) groups is 1. The Morgan fingerprint density at radius 1 is 1.00 bits per heavy atom. The Balaban J connectivity index is 1.45. The number of carbonyl (C=O) groups excluding carboxylic acids is 1. The zero-order valence-electron chi connectivity index (χ0n) is 16.9. The normalized spacial score (nSPS) is 33.3. The first-order valence-corrected chi connectivity index (χ1v) is 11.5. The number of hydrogen-bond donors (Lipinski definition) is 1. The molecule has 0 saturated heterocycles. The molecular formula is C25H28BrNO2. The van der Waals surface area contributed by atoms with Gasteiger partial charge in [-0.15, -0.1) is 0 Å². The van der Waals surface area contributed by atoms with E-state index in [1.165, 1.54) is 19.3 Å². The van der Waals surface area contributed by atoms with Crippen LogP contribution in [-0.2, 0) is 4.79 Å². The van der Waals surface area contributed by atoms with Crippen molar-refractivity contribution >= 4 is 21.8 Å². The number of ether oxygens (including phenoxy) is 1. The van der Waals surface area contributed by atoms with E-state index in [4.69, 9.17) is 4.74 Å². The Labute approximate surface area is 181 Å². The Kier molecular flexibility index (Phi) is 4.73. The van der Waals surface area contributed by atoms with Crippen molar-refractivity contribution < 1.29 is 9.53 Å². The number of methoxy groups -OCH3 is 1. The summed E-state index contributed by atoms with van der Waals surface area (Å²) in [6.07, 6.45) is 6.85. The lowest BCUT2D eigenvalue weighted by Crippen LogP contribution is -2.58. The summed E-state index contributed by atoms with van der Waals surface area (Å²) >= 11 is 4.04. The Bertz CT molecular complexity index is 881. The predicted octanol–water partition coefficient (Wildman–Crippen LogP) is 5.63. The molecule has 4 aliphatic carbocycles. The quantitative estimate of drug-likeness (QED) is 0.595. The fourth-order valence-electron chi connectivity index (χ4n) is 6.50. The second kappa shape index (κ2) is 7.16. The van der Waals surface area contributed by atoms with E-state index in [-0.39, 0.29) is 21.7 Å². The van der Waals surface area contributed by atoms with Crippen LogP contribution in [0.3, 0.4) is 0 Å². The fourth-order valence-corrected chi connectivity index (χ4v) is 7.95. The van der Waals surface area contributed by atoms with Gasteiger partial charge in [0.25, 0.3) is 0 Å². The summed E-state index contributed by atoms with van der Waals surface area (Å²) in [5, 5.41) is 3.46. The van der Waals surface area contributed by atoms with Crippen LogP contribution < -0.4 is 10.1 Å². The van der Waals surface area contributed by atoms with Gasteiger partial charge in [-0.25, -0.2) is 0 Å². The molecule has 1 amide bonds. The van der Waals surface area contributed by atoms with Crippen LogP contribution in [0.2, 0.25) is 0 Å². The standard InChI is InChI=1S/C25H28BrNO2/c1-29-21-9-7-20(8-10-21)22(19-5-3-2-4-6-19)27-23(28)24-12-17-11-18(13-24)15-25(26,14-17)16-24/h2-10,17-18,22H,11-16H2,1H3,(H,27,28). The molecule has 4 heteroatoms. The molecule has 4 aliphatic rings. The molecule has 3 nitrogen and oxygen atoms in total. The summed E-state index contributed by atoms with van der Waals surface area (Å²) in [5.74, 6) is 2.45. The first kappa shape index (κ1) is 19.2. The molecule has 4 bridgehead atoms. The van der Waals surface area contributed by atoms with Gasteiger partial charge in [0.15, 0.2) is 0 Å². The van der Waals surface area contributed by atoms with Gasteiger partial charge in [0.2, 0.25) is 5.91 Å². The van der Waals surface area contributed by atoms with Gasteiger partial charge >= 0.3 is 0 Å². The van der Waals surface area contributed by atoms with Crippen LogP contribution in [0.25, 0.3) is 0 Å². The zero-order chi connectivity index (χ0) is 20.1. The third kappa shape index (κ3) is 3.50. The smallest absolute Gasteiger partial charge is 0.227 e. The maximum Gasteiger partial charge on any atom is 0.227 e. The minimum atomic E-state index is -0.215. The number of benzene rings is 2. The number of halogens is 1. The maximum atomic E-state index is 13.8. The number of amides is 1. The molecule has 0 aliphatic heterocycles. The highest BCUT2D eigenvalue weighted by Gasteiger charge is 2.59. The first-order chi connectivity index (χ1) is 14.0. The molecule has 6 rings (SSSR count). The van der Waals surface area contributed by atoms with E-state index in [0.717, 1.165) is 36.1 Å². The predicted molar refractivity (Wildman–Crippen MR) is 118 cm³/mol. The van der Waals surface area contributed by atoms with Crippen molar-refractivity contribution in [1.82, 2.24) is 5.32 Å². The molecule has 0 aromatic heterocycles. The summed E-state index contributed by atoms with van der Waals surface area (Å²) in [6.45, 7) is 0. The fraction of sp³-hybridized carbons (Fsp3) is 0.480. The number of rotatable bonds is 5. The van der Waals surface area contributed by atoms with Crippen molar-refractivity contribution in [3.63, 3.8) is 0 Å². The van der Waals surface area contributed by atoms with Crippen molar-refractivity contribution in [3.05, 3.63) is 65.7 Å².